The van der Waals surface area contributed by atoms with E-state index in [4.69, 9.17) is 32.7 Å². The predicted molar refractivity (Wildman–Crippen MR) is 82.1 cm³/mol. The molecular formula is C15H12Cl2N2O3. The van der Waals surface area contributed by atoms with Crippen LogP contribution in [0.15, 0.2) is 30.3 Å². The van der Waals surface area contributed by atoms with E-state index in [1.165, 1.54) is 13.2 Å². The van der Waals surface area contributed by atoms with E-state index in [0.717, 1.165) is 5.56 Å². The third-order valence-corrected chi connectivity index (χ3v) is 3.78. The minimum Gasteiger partial charge on any atom is -0.466 e. The maximum absolute atomic E-state index is 11.7. The predicted octanol–water partition coefficient (Wildman–Crippen LogP) is 3.53. The quantitative estimate of drug-likeness (QED) is 0.630. The number of hydrogen-bond donors (Lipinski definition) is 0. The van der Waals surface area contributed by atoms with E-state index in [-0.39, 0.29) is 11.0 Å². The lowest BCUT2D eigenvalue weighted by atomic mass is 10.2. The van der Waals surface area contributed by atoms with Gasteiger partial charge in [-0.3, -0.25) is 0 Å². The number of ether oxygens (including phenoxy) is 2. The van der Waals surface area contributed by atoms with Gasteiger partial charge in [0.15, 0.2) is 5.82 Å². The Bertz CT molecular complexity index is 715. The molecular weight excluding hydrogens is 327 g/mol. The molecule has 2 aromatic rings. The van der Waals surface area contributed by atoms with Gasteiger partial charge in [0.1, 0.15) is 5.15 Å². The van der Waals surface area contributed by atoms with Gasteiger partial charge in [-0.05, 0) is 24.3 Å². The molecule has 1 aromatic heterocycles. The SMILES string of the molecule is COC(=O)C1(Oc2cc(Cl)nc(-c3ccc(Cl)cc3)n2)CC1. The summed E-state index contributed by atoms with van der Waals surface area (Å²) in [6.07, 6.45) is 1.19. The zero-order valence-corrected chi connectivity index (χ0v) is 13.2. The highest BCUT2D eigenvalue weighted by atomic mass is 35.5. The Labute approximate surface area is 137 Å². The van der Waals surface area contributed by atoms with Crippen molar-refractivity contribution in [3.05, 3.63) is 40.5 Å². The van der Waals surface area contributed by atoms with E-state index < -0.39 is 11.6 Å². The molecule has 0 N–H and O–H groups in total. The Hall–Kier alpha value is -1.85. The first-order valence-electron chi connectivity index (χ1n) is 6.60. The Balaban J connectivity index is 1.90. The van der Waals surface area contributed by atoms with E-state index in [1.54, 1.807) is 24.3 Å². The fraction of sp³-hybridized carbons (Fsp3) is 0.267. The van der Waals surface area contributed by atoms with Crippen molar-refractivity contribution >= 4 is 29.2 Å². The van der Waals surface area contributed by atoms with Gasteiger partial charge in [0.25, 0.3) is 0 Å². The van der Waals surface area contributed by atoms with Crippen LogP contribution >= 0.6 is 23.2 Å². The molecule has 0 amide bonds. The molecule has 5 nitrogen and oxygen atoms in total. The first-order valence-corrected chi connectivity index (χ1v) is 7.36. The maximum atomic E-state index is 11.7. The number of rotatable bonds is 4. The van der Waals surface area contributed by atoms with Crippen molar-refractivity contribution in [2.45, 2.75) is 18.4 Å². The standard InChI is InChI=1S/C15H12Cl2N2O3/c1-21-14(20)15(6-7-15)22-12-8-11(17)18-13(19-12)9-2-4-10(16)5-3-9/h2-5,8H,6-7H2,1H3. The number of aromatic nitrogens is 2. The molecule has 0 bridgehead atoms. The van der Waals surface area contributed by atoms with Gasteiger partial charge < -0.3 is 9.47 Å². The van der Waals surface area contributed by atoms with Crippen molar-refractivity contribution in [1.82, 2.24) is 9.97 Å². The lowest BCUT2D eigenvalue weighted by Crippen LogP contribution is -2.31. The third kappa shape index (κ3) is 3.00. The summed E-state index contributed by atoms with van der Waals surface area (Å²) < 4.78 is 10.4. The van der Waals surface area contributed by atoms with Crippen molar-refractivity contribution < 1.29 is 14.3 Å². The second kappa shape index (κ2) is 5.74. The van der Waals surface area contributed by atoms with Crippen molar-refractivity contribution in [3.63, 3.8) is 0 Å². The average Bonchev–Trinajstić information content (AvgIpc) is 3.27. The molecule has 3 rings (SSSR count). The number of halogens is 2. The lowest BCUT2D eigenvalue weighted by molar-refractivity contribution is -0.151. The van der Waals surface area contributed by atoms with Crippen molar-refractivity contribution in [2.75, 3.05) is 7.11 Å². The van der Waals surface area contributed by atoms with E-state index in [2.05, 4.69) is 9.97 Å². The van der Waals surface area contributed by atoms with Crippen LogP contribution < -0.4 is 4.74 Å². The second-order valence-electron chi connectivity index (χ2n) is 4.95. The van der Waals surface area contributed by atoms with Crippen LogP contribution in [0, 0.1) is 0 Å². The van der Waals surface area contributed by atoms with Gasteiger partial charge in [-0.15, -0.1) is 0 Å². The molecule has 1 heterocycles. The van der Waals surface area contributed by atoms with E-state index in [1.807, 2.05) is 0 Å². The van der Waals surface area contributed by atoms with Crippen LogP contribution in [-0.4, -0.2) is 28.6 Å². The summed E-state index contributed by atoms with van der Waals surface area (Å²) >= 11 is 11.9. The molecule has 0 atom stereocenters. The number of nitrogens with zero attached hydrogens (tertiary/aromatic N) is 2. The van der Waals surface area contributed by atoms with Gasteiger partial charge in [0.2, 0.25) is 11.5 Å². The van der Waals surface area contributed by atoms with Crippen LogP contribution in [0.3, 0.4) is 0 Å². The summed E-state index contributed by atoms with van der Waals surface area (Å²) in [6, 6.07) is 8.51. The Morgan fingerprint density at radius 1 is 1.18 bits per heavy atom. The maximum Gasteiger partial charge on any atom is 0.350 e. The van der Waals surface area contributed by atoms with Crippen LogP contribution in [0.2, 0.25) is 10.2 Å². The summed E-state index contributed by atoms with van der Waals surface area (Å²) in [5.41, 5.74) is -0.191. The number of methoxy groups -OCH3 is 1. The molecule has 0 spiro atoms. The topological polar surface area (TPSA) is 61.3 Å². The van der Waals surface area contributed by atoms with Crippen LogP contribution in [0.25, 0.3) is 11.4 Å². The van der Waals surface area contributed by atoms with E-state index in [0.29, 0.717) is 23.7 Å². The number of esters is 1. The van der Waals surface area contributed by atoms with Crippen LogP contribution in [0.4, 0.5) is 0 Å². The van der Waals surface area contributed by atoms with Gasteiger partial charge >= 0.3 is 5.97 Å². The van der Waals surface area contributed by atoms with Crippen molar-refractivity contribution in [3.8, 4) is 17.3 Å². The number of benzene rings is 1. The molecule has 7 heteroatoms. The Kier molecular flexibility index (Phi) is 3.93. The Morgan fingerprint density at radius 3 is 2.45 bits per heavy atom. The summed E-state index contributed by atoms with van der Waals surface area (Å²) in [7, 11) is 1.33. The molecule has 1 aliphatic rings. The number of carbonyl (C=O) groups excluding carboxylic acids is 1. The summed E-state index contributed by atoms with van der Waals surface area (Å²) in [4.78, 5) is 20.2. The highest BCUT2D eigenvalue weighted by Crippen LogP contribution is 2.41. The van der Waals surface area contributed by atoms with Gasteiger partial charge in [0, 0.05) is 29.5 Å². The van der Waals surface area contributed by atoms with Crippen LogP contribution in [-0.2, 0) is 9.53 Å². The van der Waals surface area contributed by atoms with Gasteiger partial charge in [0.05, 0.1) is 7.11 Å². The number of hydrogen-bond acceptors (Lipinski definition) is 5. The van der Waals surface area contributed by atoms with Crippen LogP contribution in [0.1, 0.15) is 12.8 Å². The molecule has 114 valence electrons. The van der Waals surface area contributed by atoms with Gasteiger partial charge in [-0.2, -0.15) is 4.98 Å². The van der Waals surface area contributed by atoms with Crippen molar-refractivity contribution in [1.29, 1.82) is 0 Å². The molecule has 1 fully saturated rings. The highest BCUT2D eigenvalue weighted by molar-refractivity contribution is 6.30. The summed E-state index contributed by atoms with van der Waals surface area (Å²) in [6.45, 7) is 0. The van der Waals surface area contributed by atoms with Crippen LogP contribution in [0.5, 0.6) is 5.88 Å². The first kappa shape index (κ1) is 15.1. The minimum absolute atomic E-state index is 0.232. The zero-order valence-electron chi connectivity index (χ0n) is 11.7. The molecule has 0 unspecified atom stereocenters. The molecule has 0 aliphatic heterocycles. The van der Waals surface area contributed by atoms with Gasteiger partial charge in [-0.25, -0.2) is 9.78 Å². The number of carbonyl (C=O) groups is 1. The first-order chi connectivity index (χ1) is 10.5. The van der Waals surface area contributed by atoms with E-state index in [9.17, 15) is 4.79 Å². The third-order valence-electron chi connectivity index (χ3n) is 3.34. The normalized spacial score (nSPS) is 15.2. The summed E-state index contributed by atoms with van der Waals surface area (Å²) in [5.74, 6) is 0.239. The van der Waals surface area contributed by atoms with Crippen molar-refractivity contribution in [2.24, 2.45) is 0 Å². The molecule has 22 heavy (non-hydrogen) atoms. The second-order valence-corrected chi connectivity index (χ2v) is 5.77. The fourth-order valence-corrected chi connectivity index (χ4v) is 2.32. The van der Waals surface area contributed by atoms with E-state index >= 15 is 0 Å². The smallest absolute Gasteiger partial charge is 0.350 e. The lowest BCUT2D eigenvalue weighted by Gasteiger charge is -2.15. The molecule has 1 saturated carbocycles. The largest absolute Gasteiger partial charge is 0.466 e. The molecule has 1 aliphatic carbocycles. The molecule has 0 saturated heterocycles. The minimum atomic E-state index is -0.941. The summed E-state index contributed by atoms with van der Waals surface area (Å²) in [5, 5.41) is 0.848. The fourth-order valence-electron chi connectivity index (χ4n) is 2.02. The molecule has 1 aromatic carbocycles. The average molecular weight is 339 g/mol. The van der Waals surface area contributed by atoms with Gasteiger partial charge in [-0.1, -0.05) is 23.2 Å². The molecule has 0 radical (unpaired) electrons. The zero-order chi connectivity index (χ0) is 15.7. The monoisotopic (exact) mass is 338 g/mol. The Morgan fingerprint density at radius 2 is 1.86 bits per heavy atom. The highest BCUT2D eigenvalue weighted by Gasteiger charge is 2.54.